The van der Waals surface area contributed by atoms with Crippen molar-refractivity contribution in [3.05, 3.63) is 0 Å². The summed E-state index contributed by atoms with van der Waals surface area (Å²) >= 11 is 0. The molecule has 0 aliphatic carbocycles. The van der Waals surface area contributed by atoms with E-state index in [1.54, 1.807) is 6.19 Å². The molecule has 0 atom stereocenters. The van der Waals surface area contributed by atoms with Crippen molar-refractivity contribution >= 4 is 18.4 Å². The monoisotopic (exact) mass is 106 g/mol. The van der Waals surface area contributed by atoms with Crippen LogP contribution in [0, 0.1) is 11.5 Å². The normalized spacial score (nSPS) is 14.1. The lowest BCUT2D eigenvalue weighted by Gasteiger charge is -1.73. The van der Waals surface area contributed by atoms with Crippen LogP contribution in [0.2, 0.25) is 0 Å². The van der Waals surface area contributed by atoms with E-state index in [2.05, 4.69) is 15.0 Å². The molecule has 0 spiro atoms. The topological polar surface area (TPSA) is 60.9 Å². The van der Waals surface area contributed by atoms with Gasteiger partial charge in [-0.1, -0.05) is 0 Å². The maximum atomic E-state index is 7.94. The molecule has 0 saturated carbocycles. The van der Waals surface area contributed by atoms with Crippen LogP contribution in [0.15, 0.2) is 15.0 Å². The molecule has 0 fully saturated rings. The molecule has 0 unspecified atom stereocenters. The third-order valence-electron chi connectivity index (χ3n) is 0.597. The predicted octanol–water partition coefficient (Wildman–Crippen LogP) is -0.0213. The van der Waals surface area contributed by atoms with Gasteiger partial charge in [0.15, 0.2) is 0 Å². The van der Waals surface area contributed by atoms with Crippen molar-refractivity contribution in [3.63, 3.8) is 0 Å². The Balaban J connectivity index is 2.79. The van der Waals surface area contributed by atoms with Crippen molar-refractivity contribution < 1.29 is 0 Å². The second-order valence-corrected chi connectivity index (χ2v) is 1.07. The molecule has 1 heterocycles. The zero-order valence-corrected chi connectivity index (χ0v) is 3.94. The van der Waals surface area contributed by atoms with Gasteiger partial charge < -0.3 is 0 Å². The van der Waals surface area contributed by atoms with Gasteiger partial charge in [0, 0.05) is 12.4 Å². The largest absolute Gasteiger partial charge is 0.260 e. The number of nitriles is 1. The van der Waals surface area contributed by atoms with Crippen molar-refractivity contribution in [1.82, 2.24) is 0 Å². The van der Waals surface area contributed by atoms with E-state index in [9.17, 15) is 0 Å². The van der Waals surface area contributed by atoms with Crippen LogP contribution in [0.5, 0.6) is 0 Å². The van der Waals surface area contributed by atoms with E-state index in [1.807, 2.05) is 0 Å². The summed E-state index contributed by atoms with van der Waals surface area (Å²) in [6.45, 7) is 0. The first-order chi connectivity index (χ1) is 3.93. The molecule has 38 valence electrons. The van der Waals surface area contributed by atoms with Gasteiger partial charge in [-0.15, -0.1) is 4.99 Å². The molecule has 0 aromatic carbocycles. The Kier molecular flexibility index (Phi) is 1.15. The first kappa shape index (κ1) is 4.65. The molecular weight excluding hydrogens is 104 g/mol. The molecule has 0 saturated heterocycles. The summed E-state index contributed by atoms with van der Waals surface area (Å²) in [7, 11) is 0. The van der Waals surface area contributed by atoms with Crippen LogP contribution in [0.3, 0.4) is 0 Å². The van der Waals surface area contributed by atoms with E-state index < -0.39 is 0 Å². The third-order valence-corrected chi connectivity index (χ3v) is 0.597. The number of aliphatic imine (C=N–C) groups is 3. The summed E-state index contributed by atoms with van der Waals surface area (Å²) < 4.78 is 0. The Morgan fingerprint density at radius 3 is 2.62 bits per heavy atom. The van der Waals surface area contributed by atoms with E-state index in [0.717, 1.165) is 0 Å². The zero-order chi connectivity index (χ0) is 5.82. The van der Waals surface area contributed by atoms with E-state index in [-0.39, 0.29) is 5.96 Å². The fourth-order valence-electron chi connectivity index (χ4n) is 0.336. The molecular formula is C4H2N4. The average molecular weight is 106 g/mol. The molecule has 0 N–H and O–H groups in total. The minimum absolute atomic E-state index is 0.229. The minimum Gasteiger partial charge on any atom is -0.217 e. The van der Waals surface area contributed by atoms with Gasteiger partial charge in [-0.3, -0.25) is 0 Å². The van der Waals surface area contributed by atoms with Crippen molar-refractivity contribution in [2.24, 2.45) is 15.0 Å². The van der Waals surface area contributed by atoms with Crippen molar-refractivity contribution in [1.29, 1.82) is 5.26 Å². The van der Waals surface area contributed by atoms with Crippen LogP contribution in [-0.2, 0) is 0 Å². The van der Waals surface area contributed by atoms with Crippen LogP contribution in [0.4, 0.5) is 0 Å². The Hall–Kier alpha value is -1.50. The van der Waals surface area contributed by atoms with Gasteiger partial charge in [-0.05, 0) is 0 Å². The van der Waals surface area contributed by atoms with Gasteiger partial charge in [0.2, 0.25) is 6.19 Å². The highest BCUT2D eigenvalue weighted by atomic mass is 15.1. The number of hydrogen-bond acceptors (Lipinski definition) is 2. The van der Waals surface area contributed by atoms with Crippen LogP contribution in [0.1, 0.15) is 0 Å². The number of nitrogens with zero attached hydrogens (tertiary/aromatic N) is 4. The zero-order valence-electron chi connectivity index (χ0n) is 3.94. The smallest absolute Gasteiger partial charge is 0.217 e. The summed E-state index contributed by atoms with van der Waals surface area (Å²) in [5.74, 6) is 0.229. The van der Waals surface area contributed by atoms with E-state index in [4.69, 9.17) is 5.26 Å². The standard InChI is InChI=1S/C4H2N4/c5-3-8-4-6-1-2-7-4/h1-2H. The van der Waals surface area contributed by atoms with E-state index >= 15 is 0 Å². The molecule has 0 amide bonds. The lowest BCUT2D eigenvalue weighted by Crippen LogP contribution is -1.78. The Bertz CT molecular complexity index is 191. The van der Waals surface area contributed by atoms with Crippen LogP contribution in [0.25, 0.3) is 0 Å². The molecule has 8 heavy (non-hydrogen) atoms. The highest BCUT2D eigenvalue weighted by Crippen LogP contribution is 1.85. The van der Waals surface area contributed by atoms with E-state index in [1.165, 1.54) is 12.4 Å². The van der Waals surface area contributed by atoms with Gasteiger partial charge in [0.25, 0.3) is 5.96 Å². The summed E-state index contributed by atoms with van der Waals surface area (Å²) in [6, 6.07) is 0. The SMILES string of the molecule is N#CN=C1N=CC=N1. The Labute approximate surface area is 45.9 Å². The second kappa shape index (κ2) is 1.98. The van der Waals surface area contributed by atoms with Gasteiger partial charge in [0.05, 0.1) is 0 Å². The van der Waals surface area contributed by atoms with Crippen LogP contribution < -0.4 is 0 Å². The fourth-order valence-corrected chi connectivity index (χ4v) is 0.336. The Morgan fingerprint density at radius 2 is 2.12 bits per heavy atom. The van der Waals surface area contributed by atoms with Gasteiger partial charge >= 0.3 is 0 Å². The number of guanidine groups is 1. The molecule has 0 aromatic heterocycles. The Morgan fingerprint density at radius 1 is 1.50 bits per heavy atom. The highest BCUT2D eigenvalue weighted by molar-refractivity contribution is 6.26. The average Bonchev–Trinajstić information content (AvgIpc) is 2.19. The second-order valence-electron chi connectivity index (χ2n) is 1.07. The van der Waals surface area contributed by atoms with Crippen LogP contribution in [-0.4, -0.2) is 18.4 Å². The van der Waals surface area contributed by atoms with Gasteiger partial charge in [-0.2, -0.15) is 5.26 Å². The molecule has 4 heteroatoms. The quantitative estimate of drug-likeness (QED) is 0.400. The highest BCUT2D eigenvalue weighted by Gasteiger charge is 1.91. The lowest BCUT2D eigenvalue weighted by molar-refractivity contribution is 1.40. The maximum Gasteiger partial charge on any atom is 0.260 e. The molecule has 4 nitrogen and oxygen atoms in total. The first-order valence-electron chi connectivity index (χ1n) is 1.97. The van der Waals surface area contributed by atoms with Gasteiger partial charge in [0.1, 0.15) is 0 Å². The molecule has 1 rings (SSSR count). The predicted molar refractivity (Wildman–Crippen MR) is 30.0 cm³/mol. The maximum absolute atomic E-state index is 7.94. The molecule has 1 aliphatic rings. The minimum atomic E-state index is 0.229. The van der Waals surface area contributed by atoms with Crippen molar-refractivity contribution in [2.75, 3.05) is 0 Å². The van der Waals surface area contributed by atoms with Crippen LogP contribution >= 0.6 is 0 Å². The van der Waals surface area contributed by atoms with E-state index in [0.29, 0.717) is 0 Å². The first-order valence-corrected chi connectivity index (χ1v) is 1.97. The molecule has 1 aliphatic heterocycles. The third kappa shape index (κ3) is 0.763. The summed E-state index contributed by atoms with van der Waals surface area (Å²) in [5, 5.41) is 7.94. The van der Waals surface area contributed by atoms with Crippen molar-refractivity contribution in [3.8, 4) is 6.19 Å². The van der Waals surface area contributed by atoms with Crippen molar-refractivity contribution in [2.45, 2.75) is 0 Å². The summed E-state index contributed by atoms with van der Waals surface area (Å²) in [4.78, 5) is 10.5. The summed E-state index contributed by atoms with van der Waals surface area (Å²) in [6.07, 6.45) is 4.53. The summed E-state index contributed by atoms with van der Waals surface area (Å²) in [5.41, 5.74) is 0. The molecule has 0 aromatic rings. The molecule has 0 bridgehead atoms. The number of rotatable bonds is 0. The number of hydrogen-bond donors (Lipinski definition) is 0. The lowest BCUT2D eigenvalue weighted by atomic mass is 10.9. The fraction of sp³-hybridized carbons (Fsp3) is 0. The molecule has 0 radical (unpaired) electrons. The van der Waals surface area contributed by atoms with Gasteiger partial charge in [-0.25, -0.2) is 9.98 Å².